The fraction of sp³-hybridized carbons (Fsp3) is 1.00. The van der Waals surface area contributed by atoms with Gasteiger partial charge in [-0.1, -0.05) is 39.5 Å². The Hall–Kier alpha value is -0.0400. The Kier molecular flexibility index (Phi) is 4.90. The maximum atomic E-state index is 9.81. The molecule has 1 nitrogen and oxygen atoms in total. The van der Waals surface area contributed by atoms with Crippen molar-refractivity contribution in [1.29, 1.82) is 0 Å². The van der Waals surface area contributed by atoms with Gasteiger partial charge in [-0.25, -0.2) is 0 Å². The Bertz CT molecular complexity index is 218. The van der Waals surface area contributed by atoms with Crippen molar-refractivity contribution in [1.82, 2.24) is 0 Å². The SMILES string of the molecule is CCCC1CCC(C2CCC(O)C(C)C2)CC1. The molecule has 0 saturated heterocycles. The fourth-order valence-corrected chi connectivity index (χ4v) is 4.21. The topological polar surface area (TPSA) is 20.2 Å². The second-order valence-electron chi connectivity index (χ2n) is 6.69. The van der Waals surface area contributed by atoms with Crippen LogP contribution in [0.4, 0.5) is 0 Å². The average molecular weight is 238 g/mol. The molecule has 0 spiro atoms. The zero-order valence-electron chi connectivity index (χ0n) is 11.7. The molecule has 100 valence electrons. The van der Waals surface area contributed by atoms with Crippen molar-refractivity contribution in [2.24, 2.45) is 23.7 Å². The molecule has 0 radical (unpaired) electrons. The summed E-state index contributed by atoms with van der Waals surface area (Å²) in [5.74, 6) is 3.49. The second-order valence-corrected chi connectivity index (χ2v) is 6.69. The van der Waals surface area contributed by atoms with Crippen LogP contribution in [0.3, 0.4) is 0 Å². The lowest BCUT2D eigenvalue weighted by atomic mass is 9.68. The Labute approximate surface area is 107 Å². The summed E-state index contributed by atoms with van der Waals surface area (Å²) < 4.78 is 0. The molecular weight excluding hydrogens is 208 g/mol. The molecule has 0 aromatic carbocycles. The van der Waals surface area contributed by atoms with Crippen LogP contribution in [0.1, 0.15) is 71.6 Å². The van der Waals surface area contributed by atoms with Gasteiger partial charge in [0.2, 0.25) is 0 Å². The molecule has 0 aromatic heterocycles. The van der Waals surface area contributed by atoms with Gasteiger partial charge in [0.05, 0.1) is 6.10 Å². The van der Waals surface area contributed by atoms with E-state index in [1.54, 1.807) is 0 Å². The highest BCUT2D eigenvalue weighted by Gasteiger charge is 2.33. The molecule has 2 aliphatic carbocycles. The highest BCUT2D eigenvalue weighted by Crippen LogP contribution is 2.42. The van der Waals surface area contributed by atoms with Crippen molar-refractivity contribution < 1.29 is 5.11 Å². The summed E-state index contributed by atoms with van der Waals surface area (Å²) in [5, 5.41) is 9.81. The predicted molar refractivity (Wildman–Crippen MR) is 72.9 cm³/mol. The van der Waals surface area contributed by atoms with Crippen molar-refractivity contribution in [3.63, 3.8) is 0 Å². The van der Waals surface area contributed by atoms with E-state index in [9.17, 15) is 5.11 Å². The fourth-order valence-electron chi connectivity index (χ4n) is 4.21. The first-order chi connectivity index (χ1) is 8.20. The minimum Gasteiger partial charge on any atom is -0.393 e. The molecule has 3 atom stereocenters. The molecular formula is C16H30O. The third-order valence-corrected chi connectivity index (χ3v) is 5.42. The first-order valence-electron chi connectivity index (χ1n) is 7.88. The highest BCUT2D eigenvalue weighted by atomic mass is 16.3. The molecule has 2 saturated carbocycles. The van der Waals surface area contributed by atoms with Crippen molar-refractivity contribution in [2.75, 3.05) is 0 Å². The average Bonchev–Trinajstić information content (AvgIpc) is 2.34. The van der Waals surface area contributed by atoms with Gasteiger partial charge in [-0.15, -0.1) is 0 Å². The number of hydrogen-bond donors (Lipinski definition) is 1. The molecule has 0 amide bonds. The molecule has 2 rings (SSSR count). The molecule has 3 unspecified atom stereocenters. The summed E-state index contributed by atoms with van der Waals surface area (Å²) in [4.78, 5) is 0. The molecule has 0 aliphatic heterocycles. The van der Waals surface area contributed by atoms with Gasteiger partial charge in [-0.3, -0.25) is 0 Å². The third kappa shape index (κ3) is 3.47. The zero-order valence-corrected chi connectivity index (χ0v) is 11.7. The second kappa shape index (κ2) is 6.22. The standard InChI is InChI=1S/C16H30O/c1-3-4-13-5-7-14(8-6-13)15-9-10-16(17)12(2)11-15/h12-17H,3-11H2,1-2H3. The van der Waals surface area contributed by atoms with Crippen LogP contribution in [0, 0.1) is 23.7 Å². The van der Waals surface area contributed by atoms with E-state index in [4.69, 9.17) is 0 Å². The molecule has 2 aliphatic rings. The summed E-state index contributed by atoms with van der Waals surface area (Å²) >= 11 is 0. The van der Waals surface area contributed by atoms with Crippen LogP contribution in [-0.4, -0.2) is 11.2 Å². The molecule has 0 aromatic rings. The smallest absolute Gasteiger partial charge is 0.0566 e. The van der Waals surface area contributed by atoms with Gasteiger partial charge in [0.25, 0.3) is 0 Å². The molecule has 2 fully saturated rings. The van der Waals surface area contributed by atoms with Gasteiger partial charge in [0.15, 0.2) is 0 Å². The summed E-state index contributed by atoms with van der Waals surface area (Å²) in [6, 6.07) is 0. The minimum absolute atomic E-state index is 0.0114. The number of rotatable bonds is 3. The minimum atomic E-state index is -0.0114. The van der Waals surface area contributed by atoms with Gasteiger partial charge in [-0.05, 0) is 55.8 Å². The molecule has 1 N–H and O–H groups in total. The van der Waals surface area contributed by atoms with Crippen LogP contribution in [0.2, 0.25) is 0 Å². The lowest BCUT2D eigenvalue weighted by Crippen LogP contribution is -2.32. The third-order valence-electron chi connectivity index (χ3n) is 5.42. The number of hydrogen-bond acceptors (Lipinski definition) is 1. The van der Waals surface area contributed by atoms with Crippen LogP contribution >= 0.6 is 0 Å². The van der Waals surface area contributed by atoms with Crippen LogP contribution in [-0.2, 0) is 0 Å². The Balaban J connectivity index is 1.77. The van der Waals surface area contributed by atoms with E-state index in [-0.39, 0.29) is 6.10 Å². The van der Waals surface area contributed by atoms with E-state index in [1.165, 1.54) is 51.4 Å². The quantitative estimate of drug-likeness (QED) is 0.773. The van der Waals surface area contributed by atoms with E-state index in [2.05, 4.69) is 13.8 Å². The van der Waals surface area contributed by atoms with E-state index in [1.807, 2.05) is 0 Å². The van der Waals surface area contributed by atoms with Gasteiger partial charge < -0.3 is 5.11 Å². The van der Waals surface area contributed by atoms with Crippen LogP contribution in [0.25, 0.3) is 0 Å². The monoisotopic (exact) mass is 238 g/mol. The summed E-state index contributed by atoms with van der Waals surface area (Å²) in [7, 11) is 0. The molecule has 1 heteroatoms. The maximum absolute atomic E-state index is 9.81. The Morgan fingerprint density at radius 3 is 2.18 bits per heavy atom. The van der Waals surface area contributed by atoms with Gasteiger partial charge in [0.1, 0.15) is 0 Å². The number of aliphatic hydroxyl groups excluding tert-OH is 1. The molecule has 17 heavy (non-hydrogen) atoms. The van der Waals surface area contributed by atoms with E-state index in [0.29, 0.717) is 5.92 Å². The van der Waals surface area contributed by atoms with Crippen molar-refractivity contribution in [2.45, 2.75) is 77.7 Å². The summed E-state index contributed by atoms with van der Waals surface area (Å²) in [5.41, 5.74) is 0. The van der Waals surface area contributed by atoms with Gasteiger partial charge in [-0.2, -0.15) is 0 Å². The zero-order chi connectivity index (χ0) is 12.3. The van der Waals surface area contributed by atoms with Crippen LogP contribution in [0.5, 0.6) is 0 Å². The number of aliphatic hydroxyl groups is 1. The van der Waals surface area contributed by atoms with E-state index in [0.717, 1.165) is 24.2 Å². The lowest BCUT2D eigenvalue weighted by molar-refractivity contribution is 0.0327. The Morgan fingerprint density at radius 2 is 1.59 bits per heavy atom. The maximum Gasteiger partial charge on any atom is 0.0566 e. The van der Waals surface area contributed by atoms with Crippen molar-refractivity contribution >= 4 is 0 Å². The van der Waals surface area contributed by atoms with E-state index >= 15 is 0 Å². The predicted octanol–water partition coefficient (Wildman–Crippen LogP) is 4.39. The normalized spacial score (nSPS) is 43.6. The lowest BCUT2D eigenvalue weighted by Gasteiger charge is -2.39. The summed E-state index contributed by atoms with van der Waals surface area (Å²) in [6.07, 6.45) is 12.3. The molecule has 0 heterocycles. The van der Waals surface area contributed by atoms with Crippen LogP contribution < -0.4 is 0 Å². The largest absolute Gasteiger partial charge is 0.393 e. The Morgan fingerprint density at radius 1 is 0.941 bits per heavy atom. The highest BCUT2D eigenvalue weighted by molar-refractivity contribution is 4.84. The van der Waals surface area contributed by atoms with Crippen molar-refractivity contribution in [3.05, 3.63) is 0 Å². The van der Waals surface area contributed by atoms with Crippen molar-refractivity contribution in [3.8, 4) is 0 Å². The van der Waals surface area contributed by atoms with Gasteiger partial charge in [0, 0.05) is 0 Å². The summed E-state index contributed by atoms with van der Waals surface area (Å²) in [6.45, 7) is 4.55. The van der Waals surface area contributed by atoms with E-state index < -0.39 is 0 Å². The molecule has 0 bridgehead atoms. The first kappa shape index (κ1) is 13.4. The first-order valence-corrected chi connectivity index (χ1v) is 7.88. The van der Waals surface area contributed by atoms with Gasteiger partial charge >= 0.3 is 0 Å². The van der Waals surface area contributed by atoms with Crippen LogP contribution in [0.15, 0.2) is 0 Å².